The highest BCUT2D eigenvalue weighted by atomic mass is 127. The molecule has 0 radical (unpaired) electrons. The van der Waals surface area contributed by atoms with Crippen LogP contribution in [0.15, 0.2) is 53.5 Å². The van der Waals surface area contributed by atoms with E-state index in [9.17, 15) is 8.42 Å². The summed E-state index contributed by atoms with van der Waals surface area (Å²) in [5.41, 5.74) is 1.81. The first-order valence-corrected chi connectivity index (χ1v) is 11.4. The van der Waals surface area contributed by atoms with Gasteiger partial charge in [0.1, 0.15) is 11.5 Å². The Hall–Kier alpha value is -2.05. The zero-order valence-corrected chi connectivity index (χ0v) is 21.2. The van der Waals surface area contributed by atoms with Gasteiger partial charge in [0, 0.05) is 31.3 Å². The summed E-state index contributed by atoms with van der Waals surface area (Å²) >= 11 is 0. The number of aliphatic imine (C=N–C) groups is 1. The summed E-state index contributed by atoms with van der Waals surface area (Å²) in [7, 11) is -0.209. The summed E-state index contributed by atoms with van der Waals surface area (Å²) in [4.78, 5) is 4.52. The van der Waals surface area contributed by atoms with Crippen LogP contribution in [0.1, 0.15) is 18.1 Å². The van der Waals surface area contributed by atoms with E-state index in [4.69, 9.17) is 9.47 Å². The molecule has 0 unspecified atom stereocenters. The first kappa shape index (κ1) is 27.0. The summed E-state index contributed by atoms with van der Waals surface area (Å²) in [5, 5.41) is 6.17. The minimum Gasteiger partial charge on any atom is -0.497 e. The van der Waals surface area contributed by atoms with Gasteiger partial charge in [0.05, 0.1) is 26.5 Å². The molecule has 2 aromatic rings. The first-order valence-electron chi connectivity index (χ1n) is 9.71. The molecule has 2 rings (SSSR count). The van der Waals surface area contributed by atoms with Crippen molar-refractivity contribution >= 4 is 40.0 Å². The highest BCUT2D eigenvalue weighted by molar-refractivity contribution is 14.0. The number of hydrogen-bond acceptors (Lipinski definition) is 5. The van der Waals surface area contributed by atoms with Crippen LogP contribution in [-0.2, 0) is 23.1 Å². The SMILES string of the molecule is CCNC(=NCc1ccc(OC)cc1OC)NCCS(=O)(=O)NCc1ccccc1.I. The quantitative estimate of drug-likeness (QED) is 0.221. The van der Waals surface area contributed by atoms with E-state index >= 15 is 0 Å². The second-order valence-corrected chi connectivity index (χ2v) is 8.35. The van der Waals surface area contributed by atoms with E-state index in [1.54, 1.807) is 20.3 Å². The molecule has 0 amide bonds. The van der Waals surface area contributed by atoms with Crippen LogP contribution in [0.25, 0.3) is 0 Å². The molecule has 0 bridgehead atoms. The van der Waals surface area contributed by atoms with Gasteiger partial charge in [-0.1, -0.05) is 30.3 Å². The van der Waals surface area contributed by atoms with Gasteiger partial charge in [0.2, 0.25) is 10.0 Å². The van der Waals surface area contributed by atoms with Crippen molar-refractivity contribution in [2.45, 2.75) is 20.0 Å². The summed E-state index contributed by atoms with van der Waals surface area (Å²) in [6.07, 6.45) is 0. The van der Waals surface area contributed by atoms with Gasteiger partial charge < -0.3 is 20.1 Å². The third-order valence-corrected chi connectivity index (χ3v) is 5.57. The molecule has 10 heteroatoms. The zero-order chi connectivity index (χ0) is 21.8. The van der Waals surface area contributed by atoms with E-state index in [2.05, 4.69) is 20.3 Å². The summed E-state index contributed by atoms with van der Waals surface area (Å²) < 4.78 is 37.7. The summed E-state index contributed by atoms with van der Waals surface area (Å²) in [6.45, 7) is 3.49. The van der Waals surface area contributed by atoms with Crippen molar-refractivity contribution in [3.8, 4) is 11.5 Å². The number of guanidine groups is 1. The lowest BCUT2D eigenvalue weighted by atomic mass is 10.2. The van der Waals surface area contributed by atoms with Gasteiger partial charge in [-0.05, 0) is 24.6 Å². The molecule has 0 saturated carbocycles. The molecule has 8 nitrogen and oxygen atoms in total. The first-order chi connectivity index (χ1) is 14.5. The molecular weight excluding hydrogens is 531 g/mol. The van der Waals surface area contributed by atoms with Crippen LogP contribution in [-0.4, -0.2) is 47.4 Å². The van der Waals surface area contributed by atoms with E-state index < -0.39 is 10.0 Å². The smallest absolute Gasteiger partial charge is 0.213 e. The topological polar surface area (TPSA) is 101 Å². The van der Waals surface area contributed by atoms with Crippen LogP contribution in [0.4, 0.5) is 0 Å². The maximum absolute atomic E-state index is 12.2. The highest BCUT2D eigenvalue weighted by Gasteiger charge is 2.10. The third-order valence-electron chi connectivity index (χ3n) is 4.25. The second-order valence-electron chi connectivity index (χ2n) is 6.43. The van der Waals surface area contributed by atoms with Crippen LogP contribution >= 0.6 is 24.0 Å². The van der Waals surface area contributed by atoms with E-state index in [1.807, 2.05) is 49.4 Å². The Labute approximate surface area is 201 Å². The summed E-state index contributed by atoms with van der Waals surface area (Å²) in [6, 6.07) is 14.9. The molecule has 3 N–H and O–H groups in total. The number of rotatable bonds is 11. The molecule has 0 aliphatic carbocycles. The van der Waals surface area contributed by atoms with Gasteiger partial charge in [-0.2, -0.15) is 0 Å². The number of ether oxygens (including phenoxy) is 2. The lowest BCUT2D eigenvalue weighted by Gasteiger charge is -2.13. The van der Waals surface area contributed by atoms with Crippen molar-refractivity contribution < 1.29 is 17.9 Å². The van der Waals surface area contributed by atoms with Crippen molar-refractivity contribution in [2.24, 2.45) is 4.99 Å². The summed E-state index contributed by atoms with van der Waals surface area (Å²) in [5.74, 6) is 1.86. The van der Waals surface area contributed by atoms with Crippen LogP contribution in [0.2, 0.25) is 0 Å². The number of halogens is 1. The maximum atomic E-state index is 12.2. The number of hydrogen-bond donors (Lipinski definition) is 3. The van der Waals surface area contributed by atoms with Gasteiger partial charge >= 0.3 is 0 Å². The molecular formula is C21H31IN4O4S. The Balaban J connectivity index is 0.00000480. The number of benzene rings is 2. The standard InChI is InChI=1S/C21H30N4O4S.HI/c1-4-22-21(24-16-18-10-11-19(28-2)14-20(18)29-3)23-12-13-30(26,27)25-15-17-8-6-5-7-9-17;/h5-11,14,25H,4,12-13,15-16H2,1-3H3,(H2,22,23,24);1H. The minimum atomic E-state index is -3.41. The van der Waals surface area contributed by atoms with E-state index in [0.717, 1.165) is 11.1 Å². The molecule has 0 aliphatic rings. The predicted molar refractivity (Wildman–Crippen MR) is 135 cm³/mol. The maximum Gasteiger partial charge on any atom is 0.213 e. The average molecular weight is 562 g/mol. The Morgan fingerprint density at radius 2 is 1.77 bits per heavy atom. The molecule has 31 heavy (non-hydrogen) atoms. The van der Waals surface area contributed by atoms with Crippen molar-refractivity contribution in [1.82, 2.24) is 15.4 Å². The molecule has 172 valence electrons. The molecule has 0 fully saturated rings. The van der Waals surface area contributed by atoms with Gasteiger partial charge in [0.25, 0.3) is 0 Å². The third kappa shape index (κ3) is 9.74. The zero-order valence-electron chi connectivity index (χ0n) is 18.1. The van der Waals surface area contributed by atoms with E-state index in [-0.39, 0.29) is 42.8 Å². The Kier molecular flexibility index (Phi) is 12.3. The van der Waals surface area contributed by atoms with E-state index in [0.29, 0.717) is 30.5 Å². The largest absolute Gasteiger partial charge is 0.497 e. The molecule has 0 aromatic heterocycles. The number of sulfonamides is 1. The molecule has 0 spiro atoms. The normalized spacial score (nSPS) is 11.4. The van der Waals surface area contributed by atoms with Gasteiger partial charge in [-0.3, -0.25) is 0 Å². The van der Waals surface area contributed by atoms with Crippen molar-refractivity contribution in [2.75, 3.05) is 33.1 Å². The Bertz CT molecular complexity index is 924. The number of methoxy groups -OCH3 is 2. The average Bonchev–Trinajstić information content (AvgIpc) is 2.76. The van der Waals surface area contributed by atoms with Gasteiger partial charge in [0.15, 0.2) is 5.96 Å². The fourth-order valence-corrected chi connectivity index (χ4v) is 3.56. The van der Waals surface area contributed by atoms with Gasteiger partial charge in [-0.15, -0.1) is 24.0 Å². The molecule has 0 saturated heterocycles. The lowest BCUT2D eigenvalue weighted by Crippen LogP contribution is -2.41. The highest BCUT2D eigenvalue weighted by Crippen LogP contribution is 2.25. The Morgan fingerprint density at radius 3 is 2.42 bits per heavy atom. The fraction of sp³-hybridized carbons (Fsp3) is 0.381. The monoisotopic (exact) mass is 562 g/mol. The Morgan fingerprint density at radius 1 is 1.03 bits per heavy atom. The minimum absolute atomic E-state index is 0. The van der Waals surface area contributed by atoms with Gasteiger partial charge in [-0.25, -0.2) is 18.1 Å². The van der Waals surface area contributed by atoms with Crippen molar-refractivity contribution in [3.05, 3.63) is 59.7 Å². The predicted octanol–water partition coefficient (Wildman–Crippen LogP) is 2.50. The molecule has 0 heterocycles. The van der Waals surface area contributed by atoms with Crippen LogP contribution < -0.4 is 24.8 Å². The second kappa shape index (κ2) is 14.1. The number of nitrogens with zero attached hydrogens (tertiary/aromatic N) is 1. The fourth-order valence-electron chi connectivity index (χ4n) is 2.65. The van der Waals surface area contributed by atoms with Crippen molar-refractivity contribution in [1.29, 1.82) is 0 Å². The van der Waals surface area contributed by atoms with Crippen LogP contribution in [0.5, 0.6) is 11.5 Å². The number of nitrogens with one attached hydrogen (secondary N) is 3. The van der Waals surface area contributed by atoms with Crippen LogP contribution in [0.3, 0.4) is 0 Å². The van der Waals surface area contributed by atoms with Crippen molar-refractivity contribution in [3.63, 3.8) is 0 Å². The molecule has 0 atom stereocenters. The molecule has 2 aromatic carbocycles. The molecule has 0 aliphatic heterocycles. The van der Waals surface area contributed by atoms with E-state index in [1.165, 1.54) is 0 Å². The van der Waals surface area contributed by atoms with Crippen LogP contribution in [0, 0.1) is 0 Å². The lowest BCUT2D eigenvalue weighted by molar-refractivity contribution is 0.391.